The molecule has 92 valence electrons. The zero-order valence-electron chi connectivity index (χ0n) is 10.3. The molecule has 1 rings (SSSR count). The lowest BCUT2D eigenvalue weighted by Gasteiger charge is -2.33. The maximum absolute atomic E-state index is 11.1. The van der Waals surface area contributed by atoms with Gasteiger partial charge in [0, 0.05) is 19.3 Å². The van der Waals surface area contributed by atoms with Gasteiger partial charge in [-0.15, -0.1) is 0 Å². The van der Waals surface area contributed by atoms with Gasteiger partial charge in [-0.25, -0.2) is 0 Å². The van der Waals surface area contributed by atoms with Crippen molar-refractivity contribution < 1.29 is 4.79 Å². The molecule has 1 amide bonds. The fourth-order valence-electron chi connectivity index (χ4n) is 1.58. The Hall–Kier alpha value is -0.710. The highest BCUT2D eigenvalue weighted by Gasteiger charge is 2.29. The minimum absolute atomic E-state index is 0.00822. The maximum atomic E-state index is 11.1. The number of thioether (sulfide) groups is 1. The molecular weight excluding hydrogens is 222 g/mol. The van der Waals surface area contributed by atoms with Crippen molar-refractivity contribution in [2.45, 2.75) is 26.7 Å². The summed E-state index contributed by atoms with van der Waals surface area (Å²) in [5.74, 6) is 1.09. The molecule has 0 bridgehead atoms. The first-order chi connectivity index (χ1) is 7.65. The molecule has 0 aromatic rings. The molecule has 0 unspecified atom stereocenters. The topological polar surface area (TPSA) is 53.5 Å². The van der Waals surface area contributed by atoms with Gasteiger partial charge in [0.15, 0.2) is 5.17 Å². The Morgan fingerprint density at radius 3 is 2.62 bits per heavy atom. The van der Waals surface area contributed by atoms with E-state index in [9.17, 15) is 4.79 Å². The summed E-state index contributed by atoms with van der Waals surface area (Å²) >= 11 is 1.73. The third-order valence-corrected chi connectivity index (χ3v) is 4.56. The van der Waals surface area contributed by atoms with Crippen LogP contribution in [0.1, 0.15) is 26.7 Å². The van der Waals surface area contributed by atoms with Crippen LogP contribution in [0.25, 0.3) is 0 Å². The van der Waals surface area contributed by atoms with Gasteiger partial charge in [-0.3, -0.25) is 9.79 Å². The molecule has 16 heavy (non-hydrogen) atoms. The number of amidine groups is 1. The van der Waals surface area contributed by atoms with Crippen molar-refractivity contribution in [3.05, 3.63) is 0 Å². The number of rotatable bonds is 4. The normalized spacial score (nSPS) is 18.8. The average Bonchev–Trinajstić information content (AvgIpc) is 2.36. The van der Waals surface area contributed by atoms with Crippen LogP contribution in [0.2, 0.25) is 0 Å². The number of carbonyl (C=O) groups is 1. The van der Waals surface area contributed by atoms with E-state index in [1.54, 1.807) is 18.8 Å². The lowest BCUT2D eigenvalue weighted by molar-refractivity contribution is -0.119. The molecule has 0 aliphatic carbocycles. The molecule has 0 radical (unpaired) electrons. The van der Waals surface area contributed by atoms with E-state index in [1.807, 2.05) is 0 Å². The van der Waals surface area contributed by atoms with Gasteiger partial charge in [0.05, 0.1) is 6.54 Å². The Kier molecular flexibility index (Phi) is 5.12. The van der Waals surface area contributed by atoms with Gasteiger partial charge in [-0.05, 0) is 18.3 Å². The Morgan fingerprint density at radius 2 is 2.19 bits per heavy atom. The minimum atomic E-state index is -0.00822. The van der Waals surface area contributed by atoms with Crippen molar-refractivity contribution in [1.29, 1.82) is 0 Å². The van der Waals surface area contributed by atoms with Gasteiger partial charge in [0.2, 0.25) is 5.91 Å². The Labute approximate surface area is 102 Å². The molecule has 0 aromatic heterocycles. The predicted molar refractivity (Wildman–Crippen MR) is 69.8 cm³/mol. The van der Waals surface area contributed by atoms with Crippen LogP contribution in [0.5, 0.6) is 0 Å². The standard InChI is InChI=1S/C11H21N3OS/c1-4-11(5-2)7-14-10(16-8-11)13-6-9(15)12-3/h4-8H2,1-3H3,(H,12,15)(H,13,14). The van der Waals surface area contributed by atoms with Crippen molar-refractivity contribution in [3.8, 4) is 0 Å². The highest BCUT2D eigenvalue weighted by Crippen LogP contribution is 2.34. The fraction of sp³-hybridized carbons (Fsp3) is 0.818. The first-order valence-corrected chi connectivity index (χ1v) is 6.76. The molecule has 0 saturated carbocycles. The maximum Gasteiger partial charge on any atom is 0.239 e. The third kappa shape index (κ3) is 3.40. The molecule has 4 nitrogen and oxygen atoms in total. The molecule has 2 N–H and O–H groups in total. The third-order valence-electron chi connectivity index (χ3n) is 3.25. The number of nitrogens with one attached hydrogen (secondary N) is 2. The van der Waals surface area contributed by atoms with E-state index < -0.39 is 0 Å². The second kappa shape index (κ2) is 6.13. The molecular formula is C11H21N3OS. The van der Waals surface area contributed by atoms with Crippen LogP contribution in [0.15, 0.2) is 4.99 Å². The van der Waals surface area contributed by atoms with Crippen LogP contribution in [0, 0.1) is 5.41 Å². The van der Waals surface area contributed by atoms with Crippen molar-refractivity contribution in [2.75, 3.05) is 25.9 Å². The summed E-state index contributed by atoms with van der Waals surface area (Å²) in [6.07, 6.45) is 2.34. The quantitative estimate of drug-likeness (QED) is 0.781. The summed E-state index contributed by atoms with van der Waals surface area (Å²) in [4.78, 5) is 15.6. The van der Waals surface area contributed by atoms with E-state index in [2.05, 4.69) is 29.5 Å². The number of hydrogen-bond donors (Lipinski definition) is 2. The molecule has 0 fully saturated rings. The van der Waals surface area contributed by atoms with E-state index in [0.717, 1.165) is 17.5 Å². The van der Waals surface area contributed by atoms with Crippen molar-refractivity contribution in [3.63, 3.8) is 0 Å². The molecule has 0 atom stereocenters. The van der Waals surface area contributed by atoms with E-state index in [0.29, 0.717) is 12.0 Å². The lowest BCUT2D eigenvalue weighted by atomic mass is 9.84. The summed E-state index contributed by atoms with van der Waals surface area (Å²) in [6.45, 7) is 5.64. The highest BCUT2D eigenvalue weighted by atomic mass is 32.2. The zero-order chi connectivity index (χ0) is 12.0. The minimum Gasteiger partial charge on any atom is -0.358 e. The number of nitrogens with zero attached hydrogens (tertiary/aromatic N) is 1. The van der Waals surface area contributed by atoms with Gasteiger partial charge in [-0.1, -0.05) is 25.6 Å². The summed E-state index contributed by atoms with van der Waals surface area (Å²) in [5.41, 5.74) is 0.364. The predicted octanol–water partition coefficient (Wildman–Crippen LogP) is 1.23. The molecule has 0 spiro atoms. The van der Waals surface area contributed by atoms with Gasteiger partial charge < -0.3 is 10.6 Å². The second-order valence-corrected chi connectivity index (χ2v) is 5.11. The number of hydrogen-bond acceptors (Lipinski definition) is 4. The first kappa shape index (κ1) is 13.4. The van der Waals surface area contributed by atoms with E-state index in [-0.39, 0.29) is 5.91 Å². The van der Waals surface area contributed by atoms with Crippen LogP contribution >= 0.6 is 11.8 Å². The van der Waals surface area contributed by atoms with E-state index in [4.69, 9.17) is 0 Å². The van der Waals surface area contributed by atoms with Crippen LogP contribution in [-0.2, 0) is 4.79 Å². The summed E-state index contributed by atoms with van der Waals surface area (Å²) in [5, 5.41) is 6.54. The lowest BCUT2D eigenvalue weighted by Crippen LogP contribution is -2.38. The van der Waals surface area contributed by atoms with Crippen molar-refractivity contribution >= 4 is 22.8 Å². The first-order valence-electron chi connectivity index (χ1n) is 5.77. The number of aliphatic imine (C=N–C) groups is 1. The monoisotopic (exact) mass is 243 g/mol. The largest absolute Gasteiger partial charge is 0.358 e. The fourth-order valence-corrected chi connectivity index (χ4v) is 2.85. The molecule has 0 aromatic carbocycles. The van der Waals surface area contributed by atoms with E-state index >= 15 is 0 Å². The van der Waals surface area contributed by atoms with E-state index in [1.165, 1.54) is 12.8 Å². The summed E-state index contributed by atoms with van der Waals surface area (Å²) < 4.78 is 0. The molecule has 5 heteroatoms. The Bertz CT molecular complexity index is 274. The SMILES string of the molecule is CCC1(CC)CN=C(NCC(=O)NC)SC1. The number of amides is 1. The average molecular weight is 243 g/mol. The number of likely N-dealkylation sites (N-methyl/N-ethyl adjacent to an activating group) is 1. The van der Waals surface area contributed by atoms with Crippen LogP contribution in [0.3, 0.4) is 0 Å². The second-order valence-electron chi connectivity index (χ2n) is 4.14. The smallest absolute Gasteiger partial charge is 0.239 e. The summed E-state index contributed by atoms with van der Waals surface area (Å²) in [7, 11) is 1.64. The van der Waals surface area contributed by atoms with Crippen molar-refractivity contribution in [2.24, 2.45) is 10.4 Å². The van der Waals surface area contributed by atoms with Gasteiger partial charge in [0.25, 0.3) is 0 Å². The molecule has 1 heterocycles. The highest BCUT2D eigenvalue weighted by molar-refractivity contribution is 8.13. The summed E-state index contributed by atoms with van der Waals surface area (Å²) in [6, 6.07) is 0. The zero-order valence-corrected chi connectivity index (χ0v) is 11.1. The Balaban J connectivity index is 2.43. The Morgan fingerprint density at radius 1 is 1.50 bits per heavy atom. The van der Waals surface area contributed by atoms with Gasteiger partial charge in [0.1, 0.15) is 0 Å². The van der Waals surface area contributed by atoms with Gasteiger partial charge in [-0.2, -0.15) is 0 Å². The van der Waals surface area contributed by atoms with Crippen LogP contribution < -0.4 is 10.6 Å². The van der Waals surface area contributed by atoms with Crippen LogP contribution in [-0.4, -0.2) is 37.0 Å². The molecule has 1 aliphatic heterocycles. The molecule has 0 saturated heterocycles. The van der Waals surface area contributed by atoms with Gasteiger partial charge >= 0.3 is 0 Å². The molecule has 1 aliphatic rings. The number of carbonyl (C=O) groups excluding carboxylic acids is 1. The van der Waals surface area contributed by atoms with Crippen LogP contribution in [0.4, 0.5) is 0 Å². The van der Waals surface area contributed by atoms with Crippen molar-refractivity contribution in [1.82, 2.24) is 10.6 Å².